The standard InChI is InChI=1S/C18H28N2O2/c1-4-22-12-6-10-19-18(21)20-11-5-7-17(20)16-9-8-14(2)15(3)13-16/h8-9,13,17H,4-7,10-12H2,1-3H3,(H,19,21). The number of rotatable bonds is 6. The highest BCUT2D eigenvalue weighted by molar-refractivity contribution is 5.75. The van der Waals surface area contributed by atoms with Crippen molar-refractivity contribution in [2.24, 2.45) is 0 Å². The predicted octanol–water partition coefficient (Wildman–Crippen LogP) is 3.58. The Morgan fingerprint density at radius 3 is 2.91 bits per heavy atom. The monoisotopic (exact) mass is 304 g/mol. The van der Waals surface area contributed by atoms with E-state index < -0.39 is 0 Å². The third-order valence-electron chi connectivity index (χ3n) is 4.38. The van der Waals surface area contributed by atoms with Crippen molar-refractivity contribution in [1.82, 2.24) is 10.2 Å². The molecule has 2 rings (SSSR count). The van der Waals surface area contributed by atoms with Crippen LogP contribution in [-0.4, -0.2) is 37.2 Å². The van der Waals surface area contributed by atoms with Crippen LogP contribution >= 0.6 is 0 Å². The van der Waals surface area contributed by atoms with Gasteiger partial charge >= 0.3 is 6.03 Å². The Balaban J connectivity index is 1.92. The Hall–Kier alpha value is -1.55. The molecule has 4 heteroatoms. The van der Waals surface area contributed by atoms with Crippen LogP contribution in [0.3, 0.4) is 0 Å². The van der Waals surface area contributed by atoms with E-state index in [4.69, 9.17) is 4.74 Å². The summed E-state index contributed by atoms with van der Waals surface area (Å²) in [4.78, 5) is 14.4. The highest BCUT2D eigenvalue weighted by Crippen LogP contribution is 2.32. The number of nitrogens with zero attached hydrogens (tertiary/aromatic N) is 1. The minimum atomic E-state index is 0.0530. The van der Waals surface area contributed by atoms with Gasteiger partial charge in [0.15, 0.2) is 0 Å². The molecule has 1 fully saturated rings. The smallest absolute Gasteiger partial charge is 0.317 e. The number of ether oxygens (including phenoxy) is 1. The van der Waals surface area contributed by atoms with E-state index in [1.54, 1.807) is 0 Å². The molecule has 1 N–H and O–H groups in total. The first kappa shape index (κ1) is 16.8. The molecular weight excluding hydrogens is 276 g/mol. The quantitative estimate of drug-likeness (QED) is 0.816. The van der Waals surface area contributed by atoms with E-state index in [0.717, 1.165) is 32.4 Å². The number of amides is 2. The lowest BCUT2D eigenvalue weighted by atomic mass is 9.99. The lowest BCUT2D eigenvalue weighted by Crippen LogP contribution is -2.40. The van der Waals surface area contributed by atoms with Crippen LogP contribution in [0.15, 0.2) is 18.2 Å². The minimum absolute atomic E-state index is 0.0530. The van der Waals surface area contributed by atoms with Gasteiger partial charge in [-0.15, -0.1) is 0 Å². The van der Waals surface area contributed by atoms with Crippen molar-refractivity contribution >= 4 is 6.03 Å². The van der Waals surface area contributed by atoms with E-state index in [1.165, 1.54) is 16.7 Å². The molecule has 1 heterocycles. The summed E-state index contributed by atoms with van der Waals surface area (Å²) in [6.07, 6.45) is 2.99. The van der Waals surface area contributed by atoms with Crippen LogP contribution in [0.1, 0.15) is 48.9 Å². The molecule has 0 spiro atoms. The van der Waals surface area contributed by atoms with E-state index in [-0.39, 0.29) is 12.1 Å². The molecule has 1 unspecified atom stereocenters. The molecule has 0 bridgehead atoms. The highest BCUT2D eigenvalue weighted by atomic mass is 16.5. The van der Waals surface area contributed by atoms with E-state index in [1.807, 2.05) is 11.8 Å². The Bertz CT molecular complexity index is 502. The number of likely N-dealkylation sites (tertiary alicyclic amines) is 1. The maximum absolute atomic E-state index is 12.4. The average Bonchev–Trinajstić information content (AvgIpc) is 2.99. The molecule has 1 aromatic rings. The number of carbonyl (C=O) groups is 1. The molecule has 1 atom stereocenters. The number of hydrogen-bond donors (Lipinski definition) is 1. The summed E-state index contributed by atoms with van der Waals surface area (Å²) in [5.74, 6) is 0. The summed E-state index contributed by atoms with van der Waals surface area (Å²) in [5, 5.41) is 3.02. The van der Waals surface area contributed by atoms with Crippen LogP contribution in [0.25, 0.3) is 0 Å². The van der Waals surface area contributed by atoms with Gasteiger partial charge in [-0.3, -0.25) is 0 Å². The van der Waals surface area contributed by atoms with Crippen molar-refractivity contribution in [3.8, 4) is 0 Å². The predicted molar refractivity (Wildman–Crippen MR) is 89.1 cm³/mol. The van der Waals surface area contributed by atoms with Gasteiger partial charge in [0, 0.05) is 26.3 Å². The molecule has 1 aliphatic rings. The maximum Gasteiger partial charge on any atom is 0.317 e. The molecule has 4 nitrogen and oxygen atoms in total. The van der Waals surface area contributed by atoms with Gasteiger partial charge in [0.25, 0.3) is 0 Å². The number of hydrogen-bond acceptors (Lipinski definition) is 2. The molecule has 22 heavy (non-hydrogen) atoms. The van der Waals surface area contributed by atoms with Crippen LogP contribution in [0, 0.1) is 13.8 Å². The lowest BCUT2D eigenvalue weighted by Gasteiger charge is -2.26. The summed E-state index contributed by atoms with van der Waals surface area (Å²) in [6, 6.07) is 6.80. The maximum atomic E-state index is 12.4. The second kappa shape index (κ2) is 8.18. The van der Waals surface area contributed by atoms with Gasteiger partial charge in [-0.1, -0.05) is 18.2 Å². The van der Waals surface area contributed by atoms with Crippen LogP contribution in [0.2, 0.25) is 0 Å². The molecule has 0 saturated carbocycles. The molecule has 0 aromatic heterocycles. The van der Waals surface area contributed by atoms with Crippen molar-refractivity contribution in [3.63, 3.8) is 0 Å². The number of nitrogens with one attached hydrogen (secondary N) is 1. The average molecular weight is 304 g/mol. The molecular formula is C18H28N2O2. The van der Waals surface area contributed by atoms with Crippen LogP contribution in [-0.2, 0) is 4.74 Å². The zero-order valence-electron chi connectivity index (χ0n) is 14.0. The van der Waals surface area contributed by atoms with Crippen LogP contribution in [0.4, 0.5) is 4.79 Å². The van der Waals surface area contributed by atoms with Gasteiger partial charge in [-0.25, -0.2) is 4.79 Å². The minimum Gasteiger partial charge on any atom is -0.382 e. The number of urea groups is 1. The summed E-state index contributed by atoms with van der Waals surface area (Å²) < 4.78 is 5.29. The highest BCUT2D eigenvalue weighted by Gasteiger charge is 2.29. The fourth-order valence-electron chi connectivity index (χ4n) is 2.94. The fourth-order valence-corrected chi connectivity index (χ4v) is 2.94. The fraction of sp³-hybridized carbons (Fsp3) is 0.611. The van der Waals surface area contributed by atoms with Crippen molar-refractivity contribution < 1.29 is 9.53 Å². The van der Waals surface area contributed by atoms with Crippen molar-refractivity contribution in [3.05, 3.63) is 34.9 Å². The molecule has 2 amide bonds. The van der Waals surface area contributed by atoms with Crippen LogP contribution < -0.4 is 5.32 Å². The Morgan fingerprint density at radius 2 is 2.18 bits per heavy atom. The summed E-state index contributed by atoms with van der Waals surface area (Å²) in [7, 11) is 0. The van der Waals surface area contributed by atoms with Gasteiger partial charge in [0.2, 0.25) is 0 Å². The van der Waals surface area contributed by atoms with Gasteiger partial charge in [-0.2, -0.15) is 0 Å². The number of carbonyl (C=O) groups excluding carboxylic acids is 1. The second-order valence-corrected chi connectivity index (χ2v) is 5.98. The Labute approximate surface area is 133 Å². The van der Waals surface area contributed by atoms with Crippen molar-refractivity contribution in [2.45, 2.75) is 46.1 Å². The molecule has 1 aliphatic heterocycles. The van der Waals surface area contributed by atoms with Gasteiger partial charge in [0.1, 0.15) is 0 Å². The Morgan fingerprint density at radius 1 is 1.36 bits per heavy atom. The number of benzene rings is 1. The Kier molecular flexibility index (Phi) is 6.25. The zero-order chi connectivity index (χ0) is 15.9. The molecule has 0 aliphatic carbocycles. The van der Waals surface area contributed by atoms with E-state index in [0.29, 0.717) is 13.2 Å². The first-order valence-corrected chi connectivity index (χ1v) is 8.33. The topological polar surface area (TPSA) is 41.6 Å². The SMILES string of the molecule is CCOCCCNC(=O)N1CCCC1c1ccc(C)c(C)c1. The van der Waals surface area contributed by atoms with Crippen molar-refractivity contribution in [1.29, 1.82) is 0 Å². The van der Waals surface area contributed by atoms with Gasteiger partial charge in [-0.05, 0) is 56.7 Å². The number of aryl methyl sites for hydroxylation is 2. The molecule has 0 radical (unpaired) electrons. The van der Waals surface area contributed by atoms with E-state index in [9.17, 15) is 4.79 Å². The van der Waals surface area contributed by atoms with Crippen LogP contribution in [0.5, 0.6) is 0 Å². The molecule has 1 saturated heterocycles. The van der Waals surface area contributed by atoms with E-state index in [2.05, 4.69) is 37.4 Å². The summed E-state index contributed by atoms with van der Waals surface area (Å²) in [6.45, 7) is 9.19. The first-order chi connectivity index (χ1) is 10.6. The normalized spacial score (nSPS) is 17.8. The summed E-state index contributed by atoms with van der Waals surface area (Å²) in [5.41, 5.74) is 3.85. The summed E-state index contributed by atoms with van der Waals surface area (Å²) >= 11 is 0. The lowest BCUT2D eigenvalue weighted by molar-refractivity contribution is 0.143. The largest absolute Gasteiger partial charge is 0.382 e. The van der Waals surface area contributed by atoms with Gasteiger partial charge < -0.3 is 15.0 Å². The third-order valence-corrected chi connectivity index (χ3v) is 4.38. The molecule has 1 aromatic carbocycles. The van der Waals surface area contributed by atoms with Gasteiger partial charge in [0.05, 0.1) is 6.04 Å². The zero-order valence-corrected chi connectivity index (χ0v) is 14.0. The van der Waals surface area contributed by atoms with Crippen molar-refractivity contribution in [2.75, 3.05) is 26.3 Å². The van der Waals surface area contributed by atoms with E-state index >= 15 is 0 Å². The molecule has 122 valence electrons. The third kappa shape index (κ3) is 4.23. The second-order valence-electron chi connectivity index (χ2n) is 5.98. The first-order valence-electron chi connectivity index (χ1n) is 8.33.